The highest BCUT2D eigenvalue weighted by Gasteiger charge is 2.29. The lowest BCUT2D eigenvalue weighted by molar-refractivity contribution is 0.0925. The molecule has 0 spiro atoms. The van der Waals surface area contributed by atoms with Crippen molar-refractivity contribution in [1.82, 2.24) is 9.97 Å². The molecule has 1 atom stereocenters. The molecular formula is C11H16BrN3O. The highest BCUT2D eigenvalue weighted by molar-refractivity contribution is 9.10. The summed E-state index contributed by atoms with van der Waals surface area (Å²) in [5.74, 6) is 1.77. The molecule has 0 aromatic carbocycles. The van der Waals surface area contributed by atoms with E-state index in [1.54, 1.807) is 7.11 Å². The lowest BCUT2D eigenvalue weighted by Crippen LogP contribution is -2.10. The molecule has 1 saturated carbocycles. The Bertz CT molecular complexity index is 389. The van der Waals surface area contributed by atoms with E-state index < -0.39 is 0 Å². The third kappa shape index (κ3) is 2.20. The molecular weight excluding hydrogens is 270 g/mol. The zero-order chi connectivity index (χ0) is 11.7. The highest BCUT2D eigenvalue weighted by Crippen LogP contribution is 2.43. The quantitative estimate of drug-likeness (QED) is 0.924. The molecule has 1 aromatic heterocycles. The van der Waals surface area contributed by atoms with Gasteiger partial charge in [-0.1, -0.05) is 6.92 Å². The second kappa shape index (κ2) is 4.67. The second-order valence-electron chi connectivity index (χ2n) is 4.07. The van der Waals surface area contributed by atoms with Crippen LogP contribution < -0.4 is 5.73 Å². The van der Waals surface area contributed by atoms with Gasteiger partial charge in [0.25, 0.3) is 0 Å². The number of aromatic nitrogens is 2. The molecule has 1 heterocycles. The van der Waals surface area contributed by atoms with Gasteiger partial charge < -0.3 is 10.5 Å². The maximum atomic E-state index is 5.88. The molecule has 1 aliphatic rings. The van der Waals surface area contributed by atoms with Gasteiger partial charge >= 0.3 is 0 Å². The van der Waals surface area contributed by atoms with E-state index in [0.717, 1.165) is 16.6 Å². The Morgan fingerprint density at radius 2 is 2.19 bits per heavy atom. The van der Waals surface area contributed by atoms with Crippen LogP contribution in [0, 0.1) is 0 Å². The zero-order valence-electron chi connectivity index (χ0n) is 9.53. The first-order chi connectivity index (χ1) is 7.67. The topological polar surface area (TPSA) is 61.0 Å². The molecule has 2 N–H and O–H groups in total. The predicted molar refractivity (Wildman–Crippen MR) is 66.2 cm³/mol. The number of nitrogens with two attached hydrogens (primary N) is 1. The first-order valence-electron chi connectivity index (χ1n) is 5.53. The summed E-state index contributed by atoms with van der Waals surface area (Å²) in [6.07, 6.45) is 3.17. The Kier molecular flexibility index (Phi) is 3.44. The first kappa shape index (κ1) is 11.8. The smallest absolute Gasteiger partial charge is 0.159 e. The third-order valence-corrected chi connectivity index (χ3v) is 3.64. The van der Waals surface area contributed by atoms with Crippen molar-refractivity contribution < 1.29 is 4.74 Å². The minimum absolute atomic E-state index is 0.0621. The fraction of sp³-hybridized carbons (Fsp3) is 0.636. The number of anilines is 1. The Hall–Kier alpha value is -0.680. The average molecular weight is 286 g/mol. The molecule has 1 aliphatic carbocycles. The SMILES string of the molecule is CCC(OC)c1nc(N)c(Br)c(C2CC2)n1. The van der Waals surface area contributed by atoms with Crippen LogP contribution in [0.3, 0.4) is 0 Å². The summed E-state index contributed by atoms with van der Waals surface area (Å²) >= 11 is 3.46. The van der Waals surface area contributed by atoms with Crippen molar-refractivity contribution in [2.24, 2.45) is 0 Å². The van der Waals surface area contributed by atoms with E-state index in [-0.39, 0.29) is 6.10 Å². The van der Waals surface area contributed by atoms with Gasteiger partial charge in [0.1, 0.15) is 11.9 Å². The number of hydrogen-bond donors (Lipinski definition) is 1. The number of nitrogen functional groups attached to an aromatic ring is 1. The number of hydrogen-bond acceptors (Lipinski definition) is 4. The Morgan fingerprint density at radius 3 is 2.69 bits per heavy atom. The average Bonchev–Trinajstić information content (AvgIpc) is 3.08. The molecule has 88 valence electrons. The van der Waals surface area contributed by atoms with Crippen molar-refractivity contribution in [2.75, 3.05) is 12.8 Å². The normalized spacial score (nSPS) is 17.4. The lowest BCUT2D eigenvalue weighted by Gasteiger charge is -2.14. The summed E-state index contributed by atoms with van der Waals surface area (Å²) in [6.45, 7) is 2.05. The van der Waals surface area contributed by atoms with Crippen LogP contribution in [0.1, 0.15) is 49.7 Å². The van der Waals surface area contributed by atoms with Gasteiger partial charge in [-0.05, 0) is 35.2 Å². The van der Waals surface area contributed by atoms with Crippen molar-refractivity contribution in [1.29, 1.82) is 0 Å². The number of methoxy groups -OCH3 is 1. The summed E-state index contributed by atoms with van der Waals surface area (Å²) in [4.78, 5) is 8.85. The number of ether oxygens (including phenoxy) is 1. The Balaban J connectivity index is 2.39. The van der Waals surface area contributed by atoms with Gasteiger partial charge in [0.05, 0.1) is 10.2 Å². The lowest BCUT2D eigenvalue weighted by atomic mass is 10.2. The molecule has 16 heavy (non-hydrogen) atoms. The Morgan fingerprint density at radius 1 is 1.50 bits per heavy atom. The molecule has 0 saturated heterocycles. The molecule has 0 bridgehead atoms. The monoisotopic (exact) mass is 285 g/mol. The number of rotatable bonds is 4. The van der Waals surface area contributed by atoms with Crippen LogP contribution in [-0.2, 0) is 4.74 Å². The van der Waals surface area contributed by atoms with Gasteiger partial charge in [0.15, 0.2) is 5.82 Å². The van der Waals surface area contributed by atoms with E-state index in [4.69, 9.17) is 10.5 Å². The maximum absolute atomic E-state index is 5.88. The van der Waals surface area contributed by atoms with Gasteiger partial charge in [0, 0.05) is 13.0 Å². The van der Waals surface area contributed by atoms with Crippen LogP contribution in [-0.4, -0.2) is 17.1 Å². The molecule has 1 unspecified atom stereocenters. The second-order valence-corrected chi connectivity index (χ2v) is 4.87. The van der Waals surface area contributed by atoms with E-state index in [0.29, 0.717) is 17.6 Å². The van der Waals surface area contributed by atoms with Crippen LogP contribution in [0.2, 0.25) is 0 Å². The third-order valence-electron chi connectivity index (χ3n) is 2.83. The molecule has 0 aliphatic heterocycles. The zero-order valence-corrected chi connectivity index (χ0v) is 11.1. The summed E-state index contributed by atoms with van der Waals surface area (Å²) < 4.78 is 6.19. The van der Waals surface area contributed by atoms with E-state index >= 15 is 0 Å². The Labute approximate surface area is 104 Å². The van der Waals surface area contributed by atoms with Gasteiger partial charge in [-0.2, -0.15) is 0 Å². The van der Waals surface area contributed by atoms with E-state index in [1.165, 1.54) is 12.8 Å². The highest BCUT2D eigenvalue weighted by atomic mass is 79.9. The van der Waals surface area contributed by atoms with Crippen LogP contribution in [0.4, 0.5) is 5.82 Å². The van der Waals surface area contributed by atoms with Crippen molar-refractivity contribution >= 4 is 21.7 Å². The summed E-state index contributed by atoms with van der Waals surface area (Å²) in [6, 6.07) is 0. The fourth-order valence-electron chi connectivity index (χ4n) is 1.73. The fourth-order valence-corrected chi connectivity index (χ4v) is 2.23. The molecule has 0 radical (unpaired) electrons. The van der Waals surface area contributed by atoms with Crippen LogP contribution >= 0.6 is 15.9 Å². The maximum Gasteiger partial charge on any atom is 0.159 e. The van der Waals surface area contributed by atoms with Gasteiger partial charge in [-0.25, -0.2) is 9.97 Å². The van der Waals surface area contributed by atoms with Gasteiger partial charge in [0.2, 0.25) is 0 Å². The molecule has 0 amide bonds. The molecule has 5 heteroatoms. The standard InChI is InChI=1S/C11H16BrN3O/c1-3-7(16-2)11-14-9(6-4-5-6)8(12)10(13)15-11/h6-7H,3-5H2,1-2H3,(H2,13,14,15). The van der Waals surface area contributed by atoms with Crippen LogP contribution in [0.25, 0.3) is 0 Å². The molecule has 1 fully saturated rings. The number of nitrogens with zero attached hydrogens (tertiary/aromatic N) is 2. The van der Waals surface area contributed by atoms with E-state index in [9.17, 15) is 0 Å². The van der Waals surface area contributed by atoms with Crippen molar-refractivity contribution in [3.63, 3.8) is 0 Å². The van der Waals surface area contributed by atoms with Crippen LogP contribution in [0.15, 0.2) is 4.47 Å². The van der Waals surface area contributed by atoms with Crippen molar-refractivity contribution in [3.05, 3.63) is 16.0 Å². The molecule has 4 nitrogen and oxygen atoms in total. The predicted octanol–water partition coefficient (Wildman–Crippen LogP) is 2.80. The van der Waals surface area contributed by atoms with Gasteiger partial charge in [-0.3, -0.25) is 0 Å². The van der Waals surface area contributed by atoms with Crippen LogP contribution in [0.5, 0.6) is 0 Å². The summed E-state index contributed by atoms with van der Waals surface area (Å²) in [7, 11) is 1.67. The largest absolute Gasteiger partial charge is 0.383 e. The summed E-state index contributed by atoms with van der Waals surface area (Å²) in [5.41, 5.74) is 6.92. The molecule has 2 rings (SSSR count). The van der Waals surface area contributed by atoms with Crippen molar-refractivity contribution in [2.45, 2.75) is 38.2 Å². The minimum atomic E-state index is -0.0621. The van der Waals surface area contributed by atoms with Crippen molar-refractivity contribution in [3.8, 4) is 0 Å². The minimum Gasteiger partial charge on any atom is -0.383 e. The first-order valence-corrected chi connectivity index (χ1v) is 6.32. The van der Waals surface area contributed by atoms with E-state index in [1.807, 2.05) is 6.92 Å². The van der Waals surface area contributed by atoms with Gasteiger partial charge in [-0.15, -0.1) is 0 Å². The number of halogens is 1. The van der Waals surface area contributed by atoms with E-state index in [2.05, 4.69) is 25.9 Å². The summed E-state index contributed by atoms with van der Waals surface area (Å²) in [5, 5.41) is 0. The molecule has 1 aromatic rings.